The summed E-state index contributed by atoms with van der Waals surface area (Å²) in [5.74, 6) is 0.549. The Bertz CT molecular complexity index is 1220. The monoisotopic (exact) mass is 328 g/mol. The number of aromatic amines is 2. The maximum Gasteiger partial charge on any atom is 0.260 e. The zero-order valence-electron chi connectivity index (χ0n) is 13.0. The maximum absolute atomic E-state index is 12.4. The highest BCUT2D eigenvalue weighted by Crippen LogP contribution is 2.29. The molecule has 120 valence electrons. The molecule has 7 heteroatoms. The minimum atomic E-state index is -0.156. The van der Waals surface area contributed by atoms with Gasteiger partial charge in [0.25, 0.3) is 5.56 Å². The molecule has 0 bridgehead atoms. The number of nitrogens with zero attached hydrogens (tertiary/aromatic N) is 4. The van der Waals surface area contributed by atoms with Gasteiger partial charge in [-0.1, -0.05) is 29.5 Å². The van der Waals surface area contributed by atoms with Gasteiger partial charge >= 0.3 is 0 Å². The van der Waals surface area contributed by atoms with Gasteiger partial charge in [0, 0.05) is 11.3 Å². The van der Waals surface area contributed by atoms with Crippen LogP contribution in [0.3, 0.4) is 0 Å². The second-order valence-electron chi connectivity index (χ2n) is 5.70. The van der Waals surface area contributed by atoms with E-state index in [4.69, 9.17) is 0 Å². The summed E-state index contributed by atoms with van der Waals surface area (Å²) in [5.41, 5.74) is 4.50. The third-order valence-corrected chi connectivity index (χ3v) is 4.17. The van der Waals surface area contributed by atoms with Gasteiger partial charge in [-0.15, -0.1) is 5.10 Å². The molecule has 3 aromatic rings. The van der Waals surface area contributed by atoms with E-state index in [0.29, 0.717) is 11.4 Å². The number of aromatic nitrogens is 6. The summed E-state index contributed by atoms with van der Waals surface area (Å²) in [6, 6.07) is 15.3. The van der Waals surface area contributed by atoms with Crippen molar-refractivity contribution in [2.45, 2.75) is 0 Å². The highest BCUT2D eigenvalue weighted by Gasteiger charge is 2.18. The molecule has 5 rings (SSSR count). The Hall–Kier alpha value is -3.74. The molecule has 1 aliphatic carbocycles. The number of hydrogen-bond acceptors (Lipinski definition) is 4. The number of nitrogens with one attached hydrogen (secondary N) is 2. The van der Waals surface area contributed by atoms with Crippen molar-refractivity contribution in [3.8, 4) is 28.3 Å². The fourth-order valence-corrected chi connectivity index (χ4v) is 3.02. The topological polar surface area (TPSA) is 92.2 Å². The zero-order chi connectivity index (χ0) is 16.8. The Morgan fingerprint density at radius 2 is 1.92 bits per heavy atom. The first-order valence-corrected chi connectivity index (χ1v) is 7.77. The molecule has 2 aliphatic rings. The smallest absolute Gasteiger partial charge is 0.260 e. The first-order chi connectivity index (χ1) is 12.3. The molecule has 0 amide bonds. The van der Waals surface area contributed by atoms with Gasteiger partial charge in [-0.2, -0.15) is 0 Å². The van der Waals surface area contributed by atoms with Crippen LogP contribution in [0.2, 0.25) is 0 Å². The number of H-pyrrole nitrogens is 2. The Labute approximate surface area is 141 Å². The lowest BCUT2D eigenvalue weighted by Crippen LogP contribution is -2.01. The van der Waals surface area contributed by atoms with E-state index in [-0.39, 0.29) is 5.56 Å². The molecule has 1 aromatic carbocycles. The van der Waals surface area contributed by atoms with Crippen LogP contribution >= 0.6 is 0 Å². The Kier molecular flexibility index (Phi) is 2.81. The molecule has 7 nitrogen and oxygen atoms in total. The second kappa shape index (κ2) is 5.13. The van der Waals surface area contributed by atoms with E-state index >= 15 is 0 Å². The summed E-state index contributed by atoms with van der Waals surface area (Å²) in [7, 11) is 0. The number of imidazole rings is 1. The van der Waals surface area contributed by atoms with Crippen molar-refractivity contribution >= 4 is 11.0 Å². The van der Waals surface area contributed by atoms with Crippen molar-refractivity contribution in [3.63, 3.8) is 0 Å². The van der Waals surface area contributed by atoms with Gasteiger partial charge in [-0.25, -0.2) is 9.67 Å². The molecular formula is C18H12N6O. The van der Waals surface area contributed by atoms with E-state index in [1.54, 1.807) is 17.1 Å². The molecule has 1 aliphatic heterocycles. The number of rotatable bonds is 2. The molecule has 3 heterocycles. The largest absolute Gasteiger partial charge is 0.338 e. The molecule has 2 N–H and O–H groups in total. The van der Waals surface area contributed by atoms with Crippen LogP contribution in [-0.4, -0.2) is 29.9 Å². The average molecular weight is 328 g/mol. The Morgan fingerprint density at radius 3 is 2.80 bits per heavy atom. The standard InChI is InChI=1S/C18H12N6O/c25-18-16(12-4-2-1-3-5-13(12)22-18)17-20-14-7-6-11(10-15(14)21-17)24-9-8-19-23-24/h1-10H,(H,20,21)(H,22,25). The molecule has 0 radical (unpaired) electrons. The predicted octanol–water partition coefficient (Wildman–Crippen LogP) is 2.60. The van der Waals surface area contributed by atoms with Crippen molar-refractivity contribution < 1.29 is 0 Å². The SMILES string of the molecule is O=c1[nH]c2cccccc-2c1-c1nc2ccc(-n3ccnn3)cc2[nH]1. The number of fused-ring (bicyclic) bond motifs is 2. The Morgan fingerprint density at radius 1 is 1.00 bits per heavy atom. The number of benzene rings is 1. The number of hydrogen-bond donors (Lipinski definition) is 2. The van der Waals surface area contributed by atoms with E-state index in [1.165, 1.54) is 0 Å². The molecule has 0 unspecified atom stereocenters. The van der Waals surface area contributed by atoms with Gasteiger partial charge in [-0.05, 0) is 24.3 Å². The summed E-state index contributed by atoms with van der Waals surface area (Å²) in [4.78, 5) is 23.2. The summed E-state index contributed by atoms with van der Waals surface area (Å²) in [5, 5.41) is 7.81. The van der Waals surface area contributed by atoms with Crippen molar-refractivity contribution in [2.24, 2.45) is 0 Å². The fraction of sp³-hybridized carbons (Fsp3) is 0. The normalized spacial score (nSPS) is 11.4. The molecular weight excluding hydrogens is 316 g/mol. The molecule has 0 atom stereocenters. The first kappa shape index (κ1) is 13.7. The van der Waals surface area contributed by atoms with Gasteiger partial charge in [0.1, 0.15) is 5.82 Å². The second-order valence-corrected chi connectivity index (χ2v) is 5.70. The summed E-state index contributed by atoms with van der Waals surface area (Å²) in [6.07, 6.45) is 3.39. The highest BCUT2D eigenvalue weighted by molar-refractivity contribution is 5.86. The fourth-order valence-electron chi connectivity index (χ4n) is 3.02. The minimum absolute atomic E-state index is 0.156. The molecule has 2 aromatic heterocycles. The predicted molar refractivity (Wildman–Crippen MR) is 93.7 cm³/mol. The van der Waals surface area contributed by atoms with Gasteiger partial charge in [0.05, 0.1) is 34.7 Å². The quantitative estimate of drug-likeness (QED) is 0.521. The van der Waals surface area contributed by atoms with Crippen molar-refractivity contribution in [1.29, 1.82) is 0 Å². The molecule has 0 spiro atoms. The van der Waals surface area contributed by atoms with Gasteiger partial charge in [0.2, 0.25) is 0 Å². The van der Waals surface area contributed by atoms with Gasteiger partial charge in [0.15, 0.2) is 0 Å². The van der Waals surface area contributed by atoms with Gasteiger partial charge in [-0.3, -0.25) is 4.79 Å². The maximum atomic E-state index is 12.4. The molecule has 25 heavy (non-hydrogen) atoms. The molecule has 0 fully saturated rings. The summed E-state index contributed by atoms with van der Waals surface area (Å²) in [6.45, 7) is 0. The van der Waals surface area contributed by atoms with Crippen LogP contribution in [0.5, 0.6) is 0 Å². The van der Waals surface area contributed by atoms with Crippen molar-refractivity contribution in [3.05, 3.63) is 71.3 Å². The summed E-state index contributed by atoms with van der Waals surface area (Å²) >= 11 is 0. The van der Waals surface area contributed by atoms with Crippen LogP contribution in [0.25, 0.3) is 39.4 Å². The van der Waals surface area contributed by atoms with E-state index in [0.717, 1.165) is 28.0 Å². The van der Waals surface area contributed by atoms with E-state index in [9.17, 15) is 4.79 Å². The van der Waals surface area contributed by atoms with Crippen LogP contribution in [0, 0.1) is 0 Å². The van der Waals surface area contributed by atoms with Crippen LogP contribution in [0.4, 0.5) is 0 Å². The Balaban J connectivity index is 1.70. The molecule has 0 saturated carbocycles. The van der Waals surface area contributed by atoms with Gasteiger partial charge < -0.3 is 9.97 Å². The van der Waals surface area contributed by atoms with Crippen molar-refractivity contribution in [1.82, 2.24) is 29.9 Å². The average Bonchev–Trinajstić information content (AvgIpc) is 3.30. The minimum Gasteiger partial charge on any atom is -0.338 e. The van der Waals surface area contributed by atoms with Crippen molar-refractivity contribution in [2.75, 3.05) is 0 Å². The van der Waals surface area contributed by atoms with Crippen LogP contribution in [0.15, 0.2) is 65.7 Å². The van der Waals surface area contributed by atoms with E-state index < -0.39 is 0 Å². The highest BCUT2D eigenvalue weighted by atomic mass is 16.1. The van der Waals surface area contributed by atoms with E-state index in [2.05, 4.69) is 25.3 Å². The lowest BCUT2D eigenvalue weighted by molar-refractivity contribution is 0.804. The molecule has 0 saturated heterocycles. The third-order valence-electron chi connectivity index (χ3n) is 4.17. The third kappa shape index (κ3) is 2.13. The summed E-state index contributed by atoms with van der Waals surface area (Å²) < 4.78 is 1.67. The van der Waals surface area contributed by atoms with Crippen LogP contribution in [0.1, 0.15) is 0 Å². The lowest BCUT2D eigenvalue weighted by Gasteiger charge is -1.98. The first-order valence-electron chi connectivity index (χ1n) is 7.77. The lowest BCUT2D eigenvalue weighted by atomic mass is 10.1. The van der Waals surface area contributed by atoms with Crippen LogP contribution < -0.4 is 5.56 Å². The zero-order valence-corrected chi connectivity index (χ0v) is 13.0. The van der Waals surface area contributed by atoms with Crippen LogP contribution in [-0.2, 0) is 0 Å². The van der Waals surface area contributed by atoms with E-state index in [1.807, 2.05) is 48.5 Å².